The lowest BCUT2D eigenvalue weighted by atomic mass is 10.4. The molecule has 0 fully saturated rings. The van der Waals surface area contributed by atoms with E-state index < -0.39 is 10.0 Å². The lowest BCUT2D eigenvalue weighted by molar-refractivity contribution is 0.531. The quantitative estimate of drug-likeness (QED) is 0.733. The fraction of sp³-hybridized carbons (Fsp3) is 0.700. The zero-order chi connectivity index (χ0) is 10.1. The zero-order valence-electron chi connectivity index (χ0n) is 9.24. The highest BCUT2D eigenvalue weighted by Crippen LogP contribution is 2.48. The smallest absolute Gasteiger partial charge is 0.0610 e. The van der Waals surface area contributed by atoms with Gasteiger partial charge in [0.25, 0.3) is 0 Å². The second-order valence-electron chi connectivity index (χ2n) is 4.08. The molecule has 0 amide bonds. The maximum atomic E-state index is 4.37. The molecule has 0 saturated carbocycles. The van der Waals surface area contributed by atoms with Crippen LogP contribution < -0.4 is 0 Å². The molecule has 0 unspecified atom stereocenters. The van der Waals surface area contributed by atoms with Crippen LogP contribution >= 0.6 is 10.0 Å². The molecule has 2 nitrogen and oxygen atoms in total. The Morgan fingerprint density at radius 1 is 1.46 bits per heavy atom. The average molecular weight is 200 g/mol. The van der Waals surface area contributed by atoms with Gasteiger partial charge in [0.15, 0.2) is 0 Å². The molecule has 13 heavy (non-hydrogen) atoms. The Morgan fingerprint density at radius 3 is 2.46 bits per heavy atom. The van der Waals surface area contributed by atoms with Gasteiger partial charge in [-0.2, -0.15) is 5.10 Å². The first kappa shape index (κ1) is 10.6. The van der Waals surface area contributed by atoms with Crippen LogP contribution in [-0.2, 0) is 0 Å². The summed E-state index contributed by atoms with van der Waals surface area (Å²) in [5.74, 6) is 1.23. The highest BCUT2D eigenvalue weighted by Gasteiger charge is 2.14. The van der Waals surface area contributed by atoms with Crippen molar-refractivity contribution in [2.75, 3.05) is 18.3 Å². The van der Waals surface area contributed by atoms with Gasteiger partial charge in [-0.3, -0.25) is 4.68 Å². The van der Waals surface area contributed by atoms with E-state index in [-0.39, 0.29) is 0 Å². The van der Waals surface area contributed by atoms with Gasteiger partial charge in [-0.1, -0.05) is 6.92 Å². The first-order chi connectivity index (χ1) is 5.97. The molecule has 0 N–H and O–H groups in total. The fourth-order valence-corrected chi connectivity index (χ4v) is 2.11. The molecule has 0 saturated heterocycles. The maximum absolute atomic E-state index is 4.37. The zero-order valence-corrected chi connectivity index (χ0v) is 10.1. The first-order valence-corrected chi connectivity index (χ1v) is 7.34. The molecule has 1 heterocycles. The second kappa shape index (κ2) is 3.74. The van der Waals surface area contributed by atoms with E-state index in [1.807, 2.05) is 10.9 Å². The predicted molar refractivity (Wildman–Crippen MR) is 60.9 cm³/mol. The number of nitrogens with zero attached hydrogens (tertiary/aromatic N) is 2. The van der Waals surface area contributed by atoms with Crippen LogP contribution in [-0.4, -0.2) is 28.0 Å². The van der Waals surface area contributed by atoms with Crippen molar-refractivity contribution >= 4 is 10.0 Å². The summed E-state index contributed by atoms with van der Waals surface area (Å²) in [5, 5.41) is 4.37. The summed E-state index contributed by atoms with van der Waals surface area (Å²) in [7, 11) is -0.594. The van der Waals surface area contributed by atoms with Crippen molar-refractivity contribution in [3.8, 4) is 0 Å². The summed E-state index contributed by atoms with van der Waals surface area (Å²) in [4.78, 5) is 1.42. The molecule has 1 aromatic rings. The number of rotatable bonds is 3. The van der Waals surface area contributed by atoms with Crippen molar-refractivity contribution in [3.63, 3.8) is 0 Å². The Hall–Kier alpha value is -0.440. The van der Waals surface area contributed by atoms with Crippen LogP contribution in [0.2, 0.25) is 0 Å². The van der Waals surface area contributed by atoms with Crippen LogP contribution in [0.3, 0.4) is 0 Å². The standard InChI is InChI=1S/C10H20N2S/c1-6-13(4,5)10-7-11-12(8-10)9(2)3/h7-9H,6H2,1-5H3. The third-order valence-corrected chi connectivity index (χ3v) is 5.40. The van der Waals surface area contributed by atoms with Crippen LogP contribution in [0, 0.1) is 0 Å². The summed E-state index contributed by atoms with van der Waals surface area (Å²) >= 11 is 0. The van der Waals surface area contributed by atoms with E-state index >= 15 is 0 Å². The number of aromatic nitrogens is 2. The summed E-state index contributed by atoms with van der Waals surface area (Å²) in [5.41, 5.74) is 0. The van der Waals surface area contributed by atoms with E-state index in [2.05, 4.69) is 44.6 Å². The molecule has 0 aromatic carbocycles. The van der Waals surface area contributed by atoms with Crippen LogP contribution in [0.15, 0.2) is 17.3 Å². The Bertz CT molecular complexity index is 276. The molecule has 1 rings (SSSR count). The van der Waals surface area contributed by atoms with Crippen molar-refractivity contribution in [1.29, 1.82) is 0 Å². The molecule has 0 aliphatic carbocycles. The monoisotopic (exact) mass is 200 g/mol. The van der Waals surface area contributed by atoms with Gasteiger partial charge >= 0.3 is 0 Å². The largest absolute Gasteiger partial charge is 0.269 e. The highest BCUT2D eigenvalue weighted by atomic mass is 32.3. The molecule has 76 valence electrons. The van der Waals surface area contributed by atoms with E-state index in [0.29, 0.717) is 6.04 Å². The third kappa shape index (κ3) is 2.27. The Labute approximate surface area is 82.7 Å². The summed E-state index contributed by atoms with van der Waals surface area (Å²) in [6.45, 7) is 6.57. The Balaban J connectivity index is 2.91. The molecule has 3 heteroatoms. The third-order valence-electron chi connectivity index (χ3n) is 2.47. The molecule has 0 atom stereocenters. The molecular formula is C10H20N2S. The number of hydrogen-bond acceptors (Lipinski definition) is 1. The Kier molecular flexibility index (Phi) is 3.06. The molecule has 0 aliphatic heterocycles. The van der Waals surface area contributed by atoms with Crippen LogP contribution in [0.25, 0.3) is 0 Å². The van der Waals surface area contributed by atoms with Crippen molar-refractivity contribution in [3.05, 3.63) is 12.4 Å². The average Bonchev–Trinajstić information content (AvgIpc) is 2.52. The van der Waals surface area contributed by atoms with Crippen LogP contribution in [0.5, 0.6) is 0 Å². The van der Waals surface area contributed by atoms with E-state index in [9.17, 15) is 0 Å². The Morgan fingerprint density at radius 2 is 2.08 bits per heavy atom. The van der Waals surface area contributed by atoms with Crippen molar-refractivity contribution < 1.29 is 0 Å². The highest BCUT2D eigenvalue weighted by molar-refractivity contribution is 8.32. The first-order valence-electron chi connectivity index (χ1n) is 4.72. The van der Waals surface area contributed by atoms with Gasteiger partial charge in [-0.25, -0.2) is 10.0 Å². The minimum absolute atomic E-state index is 0.473. The SMILES string of the molecule is CCS(C)(C)c1cnn(C(C)C)c1. The summed E-state index contributed by atoms with van der Waals surface area (Å²) in [6, 6.07) is 0.473. The second-order valence-corrected chi connectivity index (χ2v) is 8.20. The summed E-state index contributed by atoms with van der Waals surface area (Å²) in [6.07, 6.45) is 8.91. The molecule has 0 bridgehead atoms. The van der Waals surface area contributed by atoms with Crippen LogP contribution in [0.4, 0.5) is 0 Å². The normalized spacial score (nSPS) is 13.7. The lowest BCUT2D eigenvalue weighted by Gasteiger charge is -2.27. The van der Waals surface area contributed by atoms with Gasteiger partial charge < -0.3 is 0 Å². The molecule has 1 aromatic heterocycles. The molecule has 0 spiro atoms. The minimum atomic E-state index is -0.594. The van der Waals surface area contributed by atoms with Gasteiger partial charge in [0.05, 0.1) is 6.20 Å². The van der Waals surface area contributed by atoms with Gasteiger partial charge in [0.2, 0.25) is 0 Å². The van der Waals surface area contributed by atoms with Gasteiger partial charge in [-0.15, -0.1) is 0 Å². The van der Waals surface area contributed by atoms with E-state index in [1.165, 1.54) is 10.6 Å². The van der Waals surface area contributed by atoms with E-state index in [1.54, 1.807) is 0 Å². The molecule has 0 aliphatic rings. The lowest BCUT2D eigenvalue weighted by Crippen LogP contribution is -2.01. The van der Waals surface area contributed by atoms with Crippen molar-refractivity contribution in [2.24, 2.45) is 0 Å². The fourth-order valence-electron chi connectivity index (χ4n) is 1.06. The molecular weight excluding hydrogens is 180 g/mol. The van der Waals surface area contributed by atoms with Crippen LogP contribution in [0.1, 0.15) is 26.8 Å². The molecule has 0 radical (unpaired) electrons. The maximum Gasteiger partial charge on any atom is 0.0610 e. The van der Waals surface area contributed by atoms with E-state index in [4.69, 9.17) is 0 Å². The van der Waals surface area contributed by atoms with Crippen molar-refractivity contribution in [1.82, 2.24) is 9.78 Å². The van der Waals surface area contributed by atoms with Crippen molar-refractivity contribution in [2.45, 2.75) is 31.7 Å². The van der Waals surface area contributed by atoms with Gasteiger partial charge in [0.1, 0.15) is 0 Å². The predicted octanol–water partition coefficient (Wildman–Crippen LogP) is 2.91. The number of hydrogen-bond donors (Lipinski definition) is 0. The van der Waals surface area contributed by atoms with Gasteiger partial charge in [-0.05, 0) is 32.1 Å². The summed E-state index contributed by atoms with van der Waals surface area (Å²) < 4.78 is 2.04. The minimum Gasteiger partial charge on any atom is -0.269 e. The topological polar surface area (TPSA) is 17.8 Å². The van der Waals surface area contributed by atoms with E-state index in [0.717, 1.165) is 0 Å². The van der Waals surface area contributed by atoms with Gasteiger partial charge in [0, 0.05) is 17.1 Å².